The van der Waals surface area contributed by atoms with Crippen molar-refractivity contribution in [2.45, 2.75) is 52.0 Å². The number of ether oxygens (including phenoxy) is 1. The van der Waals surface area contributed by atoms with Gasteiger partial charge in [-0.3, -0.25) is 4.79 Å². The summed E-state index contributed by atoms with van der Waals surface area (Å²) >= 11 is 0. The Bertz CT molecular complexity index is 1000. The molecule has 0 saturated carbocycles. The first-order valence-corrected chi connectivity index (χ1v) is 9.44. The summed E-state index contributed by atoms with van der Waals surface area (Å²) in [5, 5.41) is 11.9. The summed E-state index contributed by atoms with van der Waals surface area (Å²) in [7, 11) is 0. The molecular formula is C22H24N4O3. The number of imide groups is 1. The van der Waals surface area contributed by atoms with Crippen LogP contribution in [0.1, 0.15) is 52.2 Å². The van der Waals surface area contributed by atoms with Gasteiger partial charge in [0.05, 0.1) is 23.5 Å². The zero-order valence-corrected chi connectivity index (χ0v) is 17.2. The molecule has 3 amide bonds. The van der Waals surface area contributed by atoms with Crippen LogP contribution in [0.5, 0.6) is 11.6 Å². The minimum Gasteiger partial charge on any atom is -0.439 e. The van der Waals surface area contributed by atoms with Crippen LogP contribution in [0.3, 0.4) is 0 Å². The molecule has 0 aliphatic carbocycles. The number of benzene rings is 1. The number of nitrogens with one attached hydrogen (secondary N) is 1. The molecule has 1 aromatic carbocycles. The highest BCUT2D eigenvalue weighted by atomic mass is 16.5. The molecule has 1 aliphatic rings. The molecule has 7 nitrogen and oxygen atoms in total. The number of pyridine rings is 1. The zero-order chi connectivity index (χ0) is 21.4. The van der Waals surface area contributed by atoms with E-state index in [4.69, 9.17) is 4.74 Å². The van der Waals surface area contributed by atoms with Crippen LogP contribution < -0.4 is 15.0 Å². The Hall–Kier alpha value is -3.40. The van der Waals surface area contributed by atoms with Crippen LogP contribution in [0, 0.1) is 11.3 Å². The van der Waals surface area contributed by atoms with Crippen LogP contribution in [0.2, 0.25) is 0 Å². The third kappa shape index (κ3) is 3.79. The van der Waals surface area contributed by atoms with Crippen molar-refractivity contribution in [1.29, 1.82) is 5.26 Å². The summed E-state index contributed by atoms with van der Waals surface area (Å²) < 4.78 is 5.94. The van der Waals surface area contributed by atoms with Gasteiger partial charge in [-0.1, -0.05) is 27.7 Å². The second-order valence-electron chi connectivity index (χ2n) is 8.29. The van der Waals surface area contributed by atoms with Gasteiger partial charge in [0.25, 0.3) is 5.91 Å². The number of nitrogens with zero attached hydrogens (tertiary/aromatic N) is 3. The van der Waals surface area contributed by atoms with Crippen molar-refractivity contribution in [2.24, 2.45) is 0 Å². The van der Waals surface area contributed by atoms with Gasteiger partial charge in [-0.05, 0) is 43.0 Å². The summed E-state index contributed by atoms with van der Waals surface area (Å²) in [6.45, 7) is 9.66. The van der Waals surface area contributed by atoms with Gasteiger partial charge in [-0.25, -0.2) is 14.7 Å². The van der Waals surface area contributed by atoms with E-state index in [0.29, 0.717) is 29.3 Å². The summed E-state index contributed by atoms with van der Waals surface area (Å²) in [6, 6.07) is 10.2. The fraction of sp³-hybridized carbons (Fsp3) is 0.364. The molecule has 150 valence electrons. The lowest BCUT2D eigenvalue weighted by molar-refractivity contribution is -0.121. The Kier molecular flexibility index (Phi) is 5.05. The Balaban J connectivity index is 1.87. The Labute approximate surface area is 170 Å². The van der Waals surface area contributed by atoms with Gasteiger partial charge in [-0.2, -0.15) is 5.26 Å². The smallest absolute Gasteiger partial charge is 0.329 e. The molecule has 3 rings (SSSR count). The van der Waals surface area contributed by atoms with E-state index in [1.807, 2.05) is 33.8 Å². The lowest BCUT2D eigenvalue weighted by Gasteiger charge is -2.23. The Morgan fingerprint density at radius 3 is 2.48 bits per heavy atom. The number of aromatic nitrogens is 1. The molecule has 7 heteroatoms. The molecule has 1 unspecified atom stereocenters. The van der Waals surface area contributed by atoms with Crippen molar-refractivity contribution in [2.75, 3.05) is 4.90 Å². The first-order chi connectivity index (χ1) is 13.6. The first-order valence-electron chi connectivity index (χ1n) is 9.44. The number of nitriles is 1. The SMILES string of the molecule is CCC1(C)NC(=O)N(c2ccc(Oc3ccc(C#N)cc3C(C)(C)C)nc2)C1=O. The molecule has 1 atom stereocenters. The fourth-order valence-corrected chi connectivity index (χ4v) is 3.11. The fourth-order valence-electron chi connectivity index (χ4n) is 3.11. The Morgan fingerprint density at radius 2 is 1.97 bits per heavy atom. The van der Waals surface area contributed by atoms with E-state index >= 15 is 0 Å². The Morgan fingerprint density at radius 1 is 1.24 bits per heavy atom. The molecule has 1 fully saturated rings. The number of rotatable bonds is 4. The third-order valence-corrected chi connectivity index (χ3v) is 5.08. The van der Waals surface area contributed by atoms with Crippen molar-refractivity contribution in [3.05, 3.63) is 47.7 Å². The van der Waals surface area contributed by atoms with Gasteiger partial charge in [0.15, 0.2) is 0 Å². The highest BCUT2D eigenvalue weighted by molar-refractivity contribution is 6.23. The minimum absolute atomic E-state index is 0.229. The van der Waals surface area contributed by atoms with Gasteiger partial charge < -0.3 is 10.1 Å². The lowest BCUT2D eigenvalue weighted by atomic mass is 9.85. The van der Waals surface area contributed by atoms with Crippen LogP contribution in [-0.4, -0.2) is 22.5 Å². The molecule has 0 spiro atoms. The van der Waals surface area contributed by atoms with Crippen LogP contribution in [0.25, 0.3) is 0 Å². The van der Waals surface area contributed by atoms with E-state index in [1.54, 1.807) is 31.2 Å². The van der Waals surface area contributed by atoms with E-state index in [2.05, 4.69) is 16.4 Å². The topological polar surface area (TPSA) is 95.3 Å². The highest BCUT2D eigenvalue weighted by Gasteiger charge is 2.47. The van der Waals surface area contributed by atoms with Gasteiger partial charge in [-0.15, -0.1) is 0 Å². The molecule has 1 saturated heterocycles. The summed E-state index contributed by atoms with van der Waals surface area (Å²) in [4.78, 5) is 30.2. The van der Waals surface area contributed by atoms with Gasteiger partial charge in [0.1, 0.15) is 11.3 Å². The first kappa shape index (κ1) is 20.3. The van der Waals surface area contributed by atoms with E-state index in [9.17, 15) is 14.9 Å². The normalized spacial score (nSPS) is 19.1. The standard InChI is InChI=1S/C22H24N4O3/c1-6-22(5)19(27)26(20(28)25-22)15-8-10-18(24-13-15)29-17-9-7-14(12-23)11-16(17)21(2,3)4/h7-11,13H,6H2,1-5H3,(H,25,28). The van der Waals surface area contributed by atoms with Crippen molar-refractivity contribution in [1.82, 2.24) is 10.3 Å². The van der Waals surface area contributed by atoms with Crippen LogP contribution in [0.15, 0.2) is 36.5 Å². The molecule has 1 N–H and O–H groups in total. The quantitative estimate of drug-likeness (QED) is 0.784. The summed E-state index contributed by atoms with van der Waals surface area (Å²) in [6.07, 6.45) is 1.94. The van der Waals surface area contributed by atoms with Crippen molar-refractivity contribution < 1.29 is 14.3 Å². The predicted molar refractivity (Wildman–Crippen MR) is 109 cm³/mol. The molecule has 2 aromatic rings. The highest BCUT2D eigenvalue weighted by Crippen LogP contribution is 2.35. The van der Waals surface area contributed by atoms with Gasteiger partial charge in [0, 0.05) is 11.6 Å². The number of carbonyl (C=O) groups excluding carboxylic acids is 2. The molecule has 0 radical (unpaired) electrons. The van der Waals surface area contributed by atoms with Crippen molar-refractivity contribution in [3.63, 3.8) is 0 Å². The molecule has 29 heavy (non-hydrogen) atoms. The minimum atomic E-state index is -0.906. The number of hydrogen-bond donors (Lipinski definition) is 1. The molecule has 2 heterocycles. The van der Waals surface area contributed by atoms with Gasteiger partial charge >= 0.3 is 6.03 Å². The maximum Gasteiger partial charge on any atom is 0.329 e. The second kappa shape index (κ2) is 7.21. The van der Waals surface area contributed by atoms with Crippen LogP contribution in [-0.2, 0) is 10.2 Å². The van der Waals surface area contributed by atoms with E-state index < -0.39 is 11.6 Å². The average Bonchev–Trinajstić information content (AvgIpc) is 2.91. The molecular weight excluding hydrogens is 368 g/mol. The van der Waals surface area contributed by atoms with Crippen LogP contribution in [0.4, 0.5) is 10.5 Å². The number of anilines is 1. The maximum absolute atomic E-state index is 12.6. The lowest BCUT2D eigenvalue weighted by Crippen LogP contribution is -2.43. The monoisotopic (exact) mass is 392 g/mol. The predicted octanol–water partition coefficient (Wildman–Crippen LogP) is 4.27. The number of amides is 3. The molecule has 1 aromatic heterocycles. The maximum atomic E-state index is 12.6. The van der Waals surface area contributed by atoms with E-state index in [0.717, 1.165) is 10.5 Å². The van der Waals surface area contributed by atoms with Crippen LogP contribution >= 0.6 is 0 Å². The number of carbonyl (C=O) groups is 2. The van der Waals surface area contributed by atoms with Crippen molar-refractivity contribution >= 4 is 17.6 Å². The number of hydrogen-bond acceptors (Lipinski definition) is 5. The average molecular weight is 392 g/mol. The molecule has 1 aliphatic heterocycles. The molecule has 0 bridgehead atoms. The van der Waals surface area contributed by atoms with E-state index in [1.165, 1.54) is 6.20 Å². The third-order valence-electron chi connectivity index (χ3n) is 5.08. The van der Waals surface area contributed by atoms with Gasteiger partial charge in [0.2, 0.25) is 5.88 Å². The second-order valence-corrected chi connectivity index (χ2v) is 8.29. The number of urea groups is 1. The summed E-state index contributed by atoms with van der Waals surface area (Å²) in [5.74, 6) is 0.627. The summed E-state index contributed by atoms with van der Waals surface area (Å²) in [5.41, 5.74) is 0.689. The zero-order valence-electron chi connectivity index (χ0n) is 17.2. The van der Waals surface area contributed by atoms with Crippen molar-refractivity contribution in [3.8, 4) is 17.7 Å². The largest absolute Gasteiger partial charge is 0.439 e. The van der Waals surface area contributed by atoms with E-state index in [-0.39, 0.29) is 11.3 Å².